The average Bonchev–Trinajstić information content (AvgIpc) is 2.81. The molecule has 3 aromatic carbocycles. The first-order chi connectivity index (χ1) is 15.0. The molecule has 6 nitrogen and oxygen atoms in total. The number of carbonyl (C=O) groups excluding carboxylic acids is 1. The molecule has 0 radical (unpaired) electrons. The van der Waals surface area contributed by atoms with Crippen LogP contribution < -0.4 is 5.32 Å². The Labute approximate surface area is 182 Å². The fraction of sp³-hybridized carbons (Fsp3) is 0.208. The second-order valence-corrected chi connectivity index (χ2v) is 9.27. The van der Waals surface area contributed by atoms with E-state index in [9.17, 15) is 13.2 Å². The van der Waals surface area contributed by atoms with Crippen LogP contribution in [-0.4, -0.2) is 44.9 Å². The highest BCUT2D eigenvalue weighted by atomic mass is 32.2. The molecule has 0 aliphatic carbocycles. The Morgan fingerprint density at radius 3 is 2.26 bits per heavy atom. The summed E-state index contributed by atoms with van der Waals surface area (Å²) in [5, 5.41) is 2.81. The molecule has 1 heterocycles. The van der Waals surface area contributed by atoms with Crippen molar-refractivity contribution in [2.75, 3.05) is 31.6 Å². The van der Waals surface area contributed by atoms with Crippen molar-refractivity contribution in [2.24, 2.45) is 0 Å². The minimum atomic E-state index is -3.61. The highest BCUT2D eigenvalue weighted by Gasteiger charge is 2.26. The molecule has 4 rings (SSSR count). The number of anilines is 1. The molecule has 1 aliphatic rings. The normalized spacial score (nSPS) is 14.8. The molecule has 0 spiro atoms. The topological polar surface area (TPSA) is 75.7 Å². The van der Waals surface area contributed by atoms with Gasteiger partial charge in [0, 0.05) is 18.8 Å². The largest absolute Gasteiger partial charge is 0.379 e. The van der Waals surface area contributed by atoms with Gasteiger partial charge in [-0.3, -0.25) is 4.79 Å². The maximum Gasteiger partial charge on any atom is 0.243 e. The SMILES string of the molecule is O=C(Cc1ccc(-c2ccccc2)cc1)Nc1cccc(S(=O)(=O)N2CCOCC2)c1. The summed E-state index contributed by atoms with van der Waals surface area (Å²) in [6.45, 7) is 1.44. The summed E-state index contributed by atoms with van der Waals surface area (Å²) in [6, 6.07) is 24.3. The van der Waals surface area contributed by atoms with Crippen LogP contribution in [0, 0.1) is 0 Å². The van der Waals surface area contributed by atoms with Crippen molar-refractivity contribution in [3.8, 4) is 11.1 Å². The van der Waals surface area contributed by atoms with Gasteiger partial charge in [0.05, 0.1) is 24.5 Å². The number of nitrogens with zero attached hydrogens (tertiary/aromatic N) is 1. The summed E-state index contributed by atoms with van der Waals surface area (Å²) in [4.78, 5) is 12.7. The second-order valence-electron chi connectivity index (χ2n) is 7.33. The van der Waals surface area contributed by atoms with Crippen molar-refractivity contribution in [1.82, 2.24) is 4.31 Å². The van der Waals surface area contributed by atoms with Crippen molar-refractivity contribution in [1.29, 1.82) is 0 Å². The minimum Gasteiger partial charge on any atom is -0.379 e. The molecule has 160 valence electrons. The summed E-state index contributed by atoms with van der Waals surface area (Å²) in [6.07, 6.45) is 0.204. The zero-order valence-electron chi connectivity index (χ0n) is 17.0. The van der Waals surface area contributed by atoms with Crippen LogP contribution in [0.1, 0.15) is 5.56 Å². The third-order valence-corrected chi connectivity index (χ3v) is 7.05. The molecule has 1 amide bonds. The van der Waals surface area contributed by atoms with Crippen LogP contribution in [0.5, 0.6) is 0 Å². The van der Waals surface area contributed by atoms with E-state index in [1.165, 1.54) is 10.4 Å². The highest BCUT2D eigenvalue weighted by Crippen LogP contribution is 2.22. The minimum absolute atomic E-state index is 0.166. The Bertz CT molecular complexity index is 1140. The van der Waals surface area contributed by atoms with Gasteiger partial charge in [-0.05, 0) is 34.9 Å². The molecule has 1 saturated heterocycles. The Hall–Kier alpha value is -3.00. The standard InChI is InChI=1S/C24H24N2O4S/c27-24(17-19-9-11-21(12-10-19)20-5-2-1-3-6-20)25-22-7-4-8-23(18-22)31(28,29)26-13-15-30-16-14-26/h1-12,18H,13-17H2,(H,25,27). The van der Waals surface area contributed by atoms with Crippen LogP contribution in [0.4, 0.5) is 5.69 Å². The van der Waals surface area contributed by atoms with E-state index in [2.05, 4.69) is 5.32 Å². The van der Waals surface area contributed by atoms with Gasteiger partial charge in [-0.25, -0.2) is 8.42 Å². The van der Waals surface area contributed by atoms with Crippen molar-refractivity contribution in [2.45, 2.75) is 11.3 Å². The van der Waals surface area contributed by atoms with Gasteiger partial charge in [0.15, 0.2) is 0 Å². The molecule has 1 fully saturated rings. The lowest BCUT2D eigenvalue weighted by atomic mass is 10.0. The van der Waals surface area contributed by atoms with Gasteiger partial charge in [0.2, 0.25) is 15.9 Å². The molecule has 0 aromatic heterocycles. The summed E-state index contributed by atoms with van der Waals surface area (Å²) in [7, 11) is -3.61. The molecule has 1 aliphatic heterocycles. The molecule has 0 atom stereocenters. The summed E-state index contributed by atoms with van der Waals surface area (Å²) in [5.74, 6) is -0.201. The Kier molecular flexibility index (Phi) is 6.46. The van der Waals surface area contributed by atoms with Gasteiger partial charge in [0.25, 0.3) is 0 Å². The van der Waals surface area contributed by atoms with E-state index in [0.29, 0.717) is 32.0 Å². The fourth-order valence-electron chi connectivity index (χ4n) is 3.51. The third kappa shape index (κ3) is 5.19. The first kappa shape index (κ1) is 21.2. The Morgan fingerprint density at radius 1 is 0.871 bits per heavy atom. The van der Waals surface area contributed by atoms with E-state index in [1.54, 1.807) is 18.2 Å². The molecule has 1 N–H and O–H groups in total. The number of amides is 1. The monoisotopic (exact) mass is 436 g/mol. The van der Waals surface area contributed by atoms with Gasteiger partial charge >= 0.3 is 0 Å². The van der Waals surface area contributed by atoms with Crippen molar-refractivity contribution in [3.63, 3.8) is 0 Å². The van der Waals surface area contributed by atoms with Crippen LogP contribution in [-0.2, 0) is 26.0 Å². The van der Waals surface area contributed by atoms with Gasteiger partial charge < -0.3 is 10.1 Å². The lowest BCUT2D eigenvalue weighted by Crippen LogP contribution is -2.40. The highest BCUT2D eigenvalue weighted by molar-refractivity contribution is 7.89. The number of hydrogen-bond donors (Lipinski definition) is 1. The molecule has 7 heteroatoms. The fourth-order valence-corrected chi connectivity index (χ4v) is 4.96. The van der Waals surface area contributed by atoms with Gasteiger partial charge in [0.1, 0.15) is 0 Å². The molecular formula is C24H24N2O4S. The predicted octanol–water partition coefficient (Wildman–Crippen LogP) is 3.56. The third-order valence-electron chi connectivity index (χ3n) is 5.15. The number of sulfonamides is 1. The number of hydrogen-bond acceptors (Lipinski definition) is 4. The number of carbonyl (C=O) groups is 1. The predicted molar refractivity (Wildman–Crippen MR) is 120 cm³/mol. The molecule has 0 saturated carbocycles. The molecular weight excluding hydrogens is 412 g/mol. The van der Waals surface area contributed by atoms with Gasteiger partial charge in [-0.1, -0.05) is 60.7 Å². The van der Waals surface area contributed by atoms with Crippen LogP contribution in [0.15, 0.2) is 83.8 Å². The number of rotatable bonds is 6. The van der Waals surface area contributed by atoms with E-state index in [0.717, 1.165) is 16.7 Å². The first-order valence-electron chi connectivity index (χ1n) is 10.1. The Balaban J connectivity index is 1.41. The van der Waals surface area contributed by atoms with Gasteiger partial charge in [-0.2, -0.15) is 4.31 Å². The van der Waals surface area contributed by atoms with E-state index < -0.39 is 10.0 Å². The zero-order valence-corrected chi connectivity index (χ0v) is 17.8. The number of morpholine rings is 1. The lowest BCUT2D eigenvalue weighted by molar-refractivity contribution is -0.115. The molecule has 31 heavy (non-hydrogen) atoms. The van der Waals surface area contributed by atoms with Crippen LogP contribution in [0.3, 0.4) is 0 Å². The second kappa shape index (κ2) is 9.43. The number of nitrogens with one attached hydrogen (secondary N) is 1. The van der Waals surface area contributed by atoms with Crippen molar-refractivity contribution in [3.05, 3.63) is 84.4 Å². The molecule has 3 aromatic rings. The van der Waals surface area contributed by atoms with Crippen molar-refractivity contribution >= 4 is 21.6 Å². The van der Waals surface area contributed by atoms with Crippen molar-refractivity contribution < 1.29 is 17.9 Å². The smallest absolute Gasteiger partial charge is 0.243 e. The average molecular weight is 437 g/mol. The van der Waals surface area contributed by atoms with E-state index >= 15 is 0 Å². The lowest BCUT2D eigenvalue weighted by Gasteiger charge is -2.26. The molecule has 0 bridgehead atoms. The number of benzene rings is 3. The molecule has 0 unspecified atom stereocenters. The summed E-state index contributed by atoms with van der Waals surface area (Å²) < 4.78 is 32.3. The van der Waals surface area contributed by atoms with Crippen LogP contribution >= 0.6 is 0 Å². The quantitative estimate of drug-likeness (QED) is 0.641. The maximum atomic E-state index is 12.8. The number of ether oxygens (including phenoxy) is 1. The van der Waals surface area contributed by atoms with Crippen LogP contribution in [0.25, 0.3) is 11.1 Å². The van der Waals surface area contributed by atoms with Crippen LogP contribution in [0.2, 0.25) is 0 Å². The zero-order chi connectivity index (χ0) is 21.7. The summed E-state index contributed by atoms with van der Waals surface area (Å²) >= 11 is 0. The summed E-state index contributed by atoms with van der Waals surface area (Å²) in [5.41, 5.74) is 3.55. The maximum absolute atomic E-state index is 12.8. The Morgan fingerprint density at radius 2 is 1.55 bits per heavy atom. The van der Waals surface area contributed by atoms with Gasteiger partial charge in [-0.15, -0.1) is 0 Å². The van der Waals surface area contributed by atoms with E-state index in [1.807, 2.05) is 54.6 Å². The van der Waals surface area contributed by atoms with E-state index in [-0.39, 0.29) is 17.2 Å². The first-order valence-corrected chi connectivity index (χ1v) is 11.6. The van der Waals surface area contributed by atoms with E-state index in [4.69, 9.17) is 4.74 Å².